The lowest BCUT2D eigenvalue weighted by molar-refractivity contribution is 0.102. The zero-order valence-corrected chi connectivity index (χ0v) is 12.6. The average molecular weight is 334 g/mol. The third-order valence-corrected chi connectivity index (χ3v) is 3.50. The van der Waals surface area contributed by atoms with Crippen LogP contribution in [0.5, 0.6) is 0 Å². The summed E-state index contributed by atoms with van der Waals surface area (Å²) >= 11 is 11.6. The van der Waals surface area contributed by atoms with Gasteiger partial charge in [0.2, 0.25) is 0 Å². The van der Waals surface area contributed by atoms with Crippen molar-refractivity contribution in [2.75, 3.05) is 5.32 Å². The van der Waals surface area contributed by atoms with Crippen LogP contribution in [0.2, 0.25) is 10.0 Å². The molecule has 1 amide bonds. The van der Waals surface area contributed by atoms with Crippen molar-refractivity contribution in [3.63, 3.8) is 0 Å². The van der Waals surface area contributed by atoms with Crippen LogP contribution in [0.3, 0.4) is 0 Å². The van der Waals surface area contributed by atoms with Gasteiger partial charge in [0.1, 0.15) is 11.3 Å². The number of hydrogen-bond acceptors (Lipinski definition) is 3. The van der Waals surface area contributed by atoms with E-state index in [-0.39, 0.29) is 5.69 Å². The Morgan fingerprint density at radius 2 is 1.73 bits per heavy atom. The molecule has 0 unspecified atom stereocenters. The maximum Gasteiger partial charge on any atom is 0.281 e. The molecule has 2 aromatic heterocycles. The molecule has 5 nitrogen and oxygen atoms in total. The summed E-state index contributed by atoms with van der Waals surface area (Å²) in [6.07, 6.45) is 2.77. The molecule has 1 aromatic carbocycles. The number of rotatable bonds is 2. The number of benzene rings is 1. The van der Waals surface area contributed by atoms with Crippen LogP contribution in [-0.2, 0) is 0 Å². The minimum absolute atomic E-state index is 0.0692. The van der Waals surface area contributed by atoms with Gasteiger partial charge in [-0.1, -0.05) is 23.2 Å². The van der Waals surface area contributed by atoms with Gasteiger partial charge in [-0.15, -0.1) is 0 Å². The highest BCUT2D eigenvalue weighted by atomic mass is 35.5. The lowest BCUT2D eigenvalue weighted by Crippen LogP contribution is -2.23. The van der Waals surface area contributed by atoms with Gasteiger partial charge in [-0.25, -0.2) is 4.98 Å². The number of aromatic nitrogens is 2. The molecule has 7 heteroatoms. The van der Waals surface area contributed by atoms with Gasteiger partial charge in [-0.3, -0.25) is 14.0 Å². The Hall–Kier alpha value is -2.37. The maximum atomic E-state index is 12.3. The number of hydrogen-bond donors (Lipinski definition) is 1. The first-order chi connectivity index (χ1) is 10.5. The number of fused-ring (bicyclic) bond motifs is 1. The number of nitrogens with zero attached hydrogens (tertiary/aromatic N) is 2. The van der Waals surface area contributed by atoms with E-state index in [1.54, 1.807) is 36.4 Å². The van der Waals surface area contributed by atoms with Crippen molar-refractivity contribution < 1.29 is 4.79 Å². The molecule has 0 fully saturated rings. The molecule has 1 N–H and O–H groups in total. The molecule has 0 aliphatic rings. The second-order valence-corrected chi connectivity index (χ2v) is 5.39. The molecule has 0 saturated carbocycles. The van der Waals surface area contributed by atoms with Crippen LogP contribution in [0.25, 0.3) is 5.65 Å². The zero-order chi connectivity index (χ0) is 15.7. The van der Waals surface area contributed by atoms with Crippen molar-refractivity contribution >= 4 is 40.4 Å². The molecule has 2 heterocycles. The normalized spacial score (nSPS) is 10.6. The summed E-state index contributed by atoms with van der Waals surface area (Å²) in [6, 6.07) is 9.59. The maximum absolute atomic E-state index is 12.3. The number of halogens is 2. The Morgan fingerprint density at radius 3 is 2.45 bits per heavy atom. The Balaban J connectivity index is 1.97. The van der Waals surface area contributed by atoms with E-state index in [0.717, 1.165) is 0 Å². The summed E-state index contributed by atoms with van der Waals surface area (Å²) in [4.78, 5) is 28.6. The van der Waals surface area contributed by atoms with E-state index >= 15 is 0 Å². The third kappa shape index (κ3) is 2.81. The lowest BCUT2D eigenvalue weighted by Gasteiger charge is -2.06. The van der Waals surface area contributed by atoms with Crippen molar-refractivity contribution in [2.24, 2.45) is 0 Å². The molecular weight excluding hydrogens is 325 g/mol. The third-order valence-electron chi connectivity index (χ3n) is 3.02. The standard InChI is InChI=1S/C15H9Cl2N3O2/c16-10-3-1-9(2-4-10)14(21)19-12-7-18-13-6-5-11(17)8-20(13)15(12)22/h1-8H,(H,19,21). The van der Waals surface area contributed by atoms with Crippen molar-refractivity contribution in [3.05, 3.63) is 74.8 Å². The molecule has 0 aliphatic carbocycles. The predicted molar refractivity (Wildman–Crippen MR) is 85.9 cm³/mol. The Kier molecular flexibility index (Phi) is 3.83. The first-order valence-corrected chi connectivity index (χ1v) is 7.04. The Labute approximate surface area is 135 Å². The van der Waals surface area contributed by atoms with Crippen molar-refractivity contribution in [3.8, 4) is 0 Å². The predicted octanol–water partition coefficient (Wildman–Crippen LogP) is 3.25. The van der Waals surface area contributed by atoms with Gasteiger partial charge < -0.3 is 5.32 Å². The fraction of sp³-hybridized carbons (Fsp3) is 0. The van der Waals surface area contributed by atoms with E-state index in [9.17, 15) is 9.59 Å². The molecule has 0 radical (unpaired) electrons. The van der Waals surface area contributed by atoms with Crippen molar-refractivity contribution in [2.45, 2.75) is 0 Å². The number of pyridine rings is 1. The van der Waals surface area contributed by atoms with Crippen LogP contribution in [0.1, 0.15) is 10.4 Å². The van der Waals surface area contributed by atoms with Gasteiger partial charge in [0, 0.05) is 16.8 Å². The largest absolute Gasteiger partial charge is 0.316 e. The van der Waals surface area contributed by atoms with Gasteiger partial charge in [0.15, 0.2) is 0 Å². The number of amides is 1. The SMILES string of the molecule is O=C(Nc1cnc2ccc(Cl)cn2c1=O)c1ccc(Cl)cc1. The first-order valence-electron chi connectivity index (χ1n) is 6.28. The monoisotopic (exact) mass is 333 g/mol. The Bertz CT molecular complexity index is 920. The van der Waals surface area contributed by atoms with E-state index in [0.29, 0.717) is 21.3 Å². The second kappa shape index (κ2) is 5.79. The summed E-state index contributed by atoms with van der Waals surface area (Å²) in [6.45, 7) is 0. The number of anilines is 1. The molecule has 3 rings (SSSR count). The van der Waals surface area contributed by atoms with E-state index in [1.807, 2.05) is 0 Å². The zero-order valence-electron chi connectivity index (χ0n) is 11.1. The van der Waals surface area contributed by atoms with Crippen LogP contribution in [0.4, 0.5) is 5.69 Å². The number of carbonyl (C=O) groups excluding carboxylic acids is 1. The van der Waals surface area contributed by atoms with Crippen LogP contribution >= 0.6 is 23.2 Å². The smallest absolute Gasteiger partial charge is 0.281 e. The fourth-order valence-corrected chi connectivity index (χ4v) is 2.22. The molecular formula is C15H9Cl2N3O2. The molecule has 22 heavy (non-hydrogen) atoms. The fourth-order valence-electron chi connectivity index (χ4n) is 1.93. The number of carbonyl (C=O) groups is 1. The molecule has 0 bridgehead atoms. The van der Waals surface area contributed by atoms with Crippen molar-refractivity contribution in [1.29, 1.82) is 0 Å². The summed E-state index contributed by atoms with van der Waals surface area (Å²) in [5.41, 5.74) is 0.494. The van der Waals surface area contributed by atoms with E-state index in [2.05, 4.69) is 10.3 Å². The van der Waals surface area contributed by atoms with Gasteiger partial charge in [-0.05, 0) is 36.4 Å². The summed E-state index contributed by atoms with van der Waals surface area (Å²) < 4.78 is 1.28. The van der Waals surface area contributed by atoms with Crippen LogP contribution < -0.4 is 10.9 Å². The van der Waals surface area contributed by atoms with Crippen LogP contribution in [-0.4, -0.2) is 15.3 Å². The molecule has 0 spiro atoms. The van der Waals surface area contributed by atoms with E-state index in [1.165, 1.54) is 16.8 Å². The summed E-state index contributed by atoms with van der Waals surface area (Å²) in [5, 5.41) is 3.46. The van der Waals surface area contributed by atoms with E-state index < -0.39 is 11.5 Å². The highest BCUT2D eigenvalue weighted by Crippen LogP contribution is 2.12. The minimum Gasteiger partial charge on any atom is -0.316 e. The average Bonchev–Trinajstić information content (AvgIpc) is 2.51. The second-order valence-electron chi connectivity index (χ2n) is 4.51. The first kappa shape index (κ1) is 14.6. The highest BCUT2D eigenvalue weighted by molar-refractivity contribution is 6.30. The van der Waals surface area contributed by atoms with Gasteiger partial charge >= 0.3 is 0 Å². The van der Waals surface area contributed by atoms with Crippen LogP contribution in [0.15, 0.2) is 53.6 Å². The van der Waals surface area contributed by atoms with Crippen molar-refractivity contribution in [1.82, 2.24) is 9.38 Å². The summed E-state index contributed by atoms with van der Waals surface area (Å²) in [5.74, 6) is -0.419. The number of nitrogens with one attached hydrogen (secondary N) is 1. The lowest BCUT2D eigenvalue weighted by atomic mass is 10.2. The molecule has 3 aromatic rings. The molecule has 0 atom stereocenters. The van der Waals surface area contributed by atoms with Crippen LogP contribution in [0, 0.1) is 0 Å². The van der Waals surface area contributed by atoms with Gasteiger partial charge in [0.05, 0.1) is 11.2 Å². The topological polar surface area (TPSA) is 63.5 Å². The minimum atomic E-state index is -0.419. The molecule has 0 aliphatic heterocycles. The molecule has 110 valence electrons. The highest BCUT2D eigenvalue weighted by Gasteiger charge is 2.10. The van der Waals surface area contributed by atoms with Gasteiger partial charge in [-0.2, -0.15) is 0 Å². The van der Waals surface area contributed by atoms with E-state index in [4.69, 9.17) is 23.2 Å². The summed E-state index contributed by atoms with van der Waals surface area (Å²) in [7, 11) is 0. The Morgan fingerprint density at radius 1 is 1.05 bits per heavy atom. The van der Waals surface area contributed by atoms with Gasteiger partial charge in [0.25, 0.3) is 11.5 Å². The quantitative estimate of drug-likeness (QED) is 0.782. The molecule has 0 saturated heterocycles.